The van der Waals surface area contributed by atoms with Crippen LogP contribution in [0.4, 0.5) is 5.69 Å². The van der Waals surface area contributed by atoms with Gasteiger partial charge in [-0.15, -0.1) is 0 Å². The fourth-order valence-corrected chi connectivity index (χ4v) is 5.04. The monoisotopic (exact) mass is 470 g/mol. The number of benzene rings is 3. The number of hydrogen-bond acceptors (Lipinski definition) is 3. The lowest BCUT2D eigenvalue weighted by Gasteiger charge is -2.16. The van der Waals surface area contributed by atoms with Crippen LogP contribution in [-0.4, -0.2) is 14.3 Å². The Morgan fingerprint density at radius 2 is 1.69 bits per heavy atom. The molecular weight excluding hydrogens is 444 g/mol. The van der Waals surface area contributed by atoms with Gasteiger partial charge in [-0.1, -0.05) is 60.5 Å². The second-order valence-electron chi connectivity index (χ2n) is 7.86. The number of carbonyl (C=O) groups excluding carboxylic acids is 1. The molecule has 0 aromatic heterocycles. The summed E-state index contributed by atoms with van der Waals surface area (Å²) in [7, 11) is -3.99. The predicted octanol–water partition coefficient (Wildman–Crippen LogP) is 5.81. The van der Waals surface area contributed by atoms with Gasteiger partial charge in [0.1, 0.15) is 4.90 Å². The predicted molar refractivity (Wildman–Crippen MR) is 130 cm³/mol. The van der Waals surface area contributed by atoms with E-state index in [1.165, 1.54) is 23.8 Å². The maximum Gasteiger partial charge on any atom is 0.263 e. The van der Waals surface area contributed by atoms with Crippen LogP contribution in [0.15, 0.2) is 65.6 Å². The topological polar surface area (TPSA) is 75.3 Å². The van der Waals surface area contributed by atoms with Crippen molar-refractivity contribution in [3.05, 3.63) is 93.5 Å². The summed E-state index contributed by atoms with van der Waals surface area (Å²) in [6, 6.07) is 17.4. The molecule has 0 aliphatic rings. The average molecular weight is 471 g/mol. The third kappa shape index (κ3) is 5.50. The lowest BCUT2D eigenvalue weighted by molar-refractivity contribution is 0.0939. The molecule has 0 saturated carbocycles. The van der Waals surface area contributed by atoms with Crippen LogP contribution in [0.1, 0.15) is 52.5 Å². The van der Waals surface area contributed by atoms with Crippen molar-refractivity contribution in [2.45, 2.75) is 45.1 Å². The number of hydrogen-bond donors (Lipinski definition) is 2. The first-order valence-corrected chi connectivity index (χ1v) is 12.3. The Morgan fingerprint density at radius 3 is 2.31 bits per heavy atom. The number of carbonyl (C=O) groups is 1. The smallest absolute Gasteiger partial charge is 0.263 e. The molecule has 168 valence electrons. The van der Waals surface area contributed by atoms with Crippen LogP contribution in [-0.2, 0) is 16.4 Å². The summed E-state index contributed by atoms with van der Waals surface area (Å²) in [6.07, 6.45) is 0.944. The van der Waals surface area contributed by atoms with Crippen molar-refractivity contribution < 1.29 is 13.2 Å². The fourth-order valence-electron chi connectivity index (χ4n) is 3.38. The summed E-state index contributed by atoms with van der Waals surface area (Å²) in [5.41, 5.74) is 4.69. The van der Waals surface area contributed by atoms with Crippen molar-refractivity contribution >= 4 is 33.2 Å². The van der Waals surface area contributed by atoms with Crippen LogP contribution >= 0.6 is 11.6 Å². The zero-order valence-electron chi connectivity index (χ0n) is 18.6. The van der Waals surface area contributed by atoms with Crippen LogP contribution in [0.5, 0.6) is 0 Å². The van der Waals surface area contributed by atoms with E-state index >= 15 is 0 Å². The van der Waals surface area contributed by atoms with E-state index < -0.39 is 10.0 Å². The first-order valence-electron chi connectivity index (χ1n) is 10.4. The van der Waals surface area contributed by atoms with Gasteiger partial charge in [-0.3, -0.25) is 9.52 Å². The molecule has 3 rings (SSSR count). The molecule has 0 aliphatic carbocycles. The standard InChI is InChI=1S/C25H27ClN2O3S/c1-5-19-7-9-20(10-8-19)18(4)27-25(29)21-11-12-22(26)24(15-21)32(30,31)28-23-13-6-16(2)14-17(23)3/h6-15,18,28H,5H2,1-4H3,(H,27,29)/t18-/m1/s1. The first kappa shape index (κ1) is 23.8. The molecule has 0 unspecified atom stereocenters. The van der Waals surface area contributed by atoms with Gasteiger partial charge in [0.25, 0.3) is 15.9 Å². The zero-order valence-corrected chi connectivity index (χ0v) is 20.1. The molecule has 0 radical (unpaired) electrons. The first-order chi connectivity index (χ1) is 15.1. The molecule has 0 spiro atoms. The zero-order chi connectivity index (χ0) is 23.5. The summed E-state index contributed by atoms with van der Waals surface area (Å²) in [5.74, 6) is -0.378. The molecule has 3 aromatic rings. The average Bonchev–Trinajstić information content (AvgIpc) is 2.75. The molecular formula is C25H27ClN2O3S. The van der Waals surface area contributed by atoms with Gasteiger partial charge in [0.2, 0.25) is 0 Å². The minimum atomic E-state index is -3.99. The van der Waals surface area contributed by atoms with Gasteiger partial charge in [0.15, 0.2) is 0 Å². The van der Waals surface area contributed by atoms with Gasteiger partial charge >= 0.3 is 0 Å². The van der Waals surface area contributed by atoms with Crippen molar-refractivity contribution in [1.29, 1.82) is 0 Å². The summed E-state index contributed by atoms with van der Waals surface area (Å²) in [6.45, 7) is 7.73. The summed E-state index contributed by atoms with van der Waals surface area (Å²) in [5, 5.41) is 2.96. The van der Waals surface area contributed by atoms with Crippen LogP contribution in [0.3, 0.4) is 0 Å². The Bertz CT molecular complexity index is 1240. The van der Waals surface area contributed by atoms with Crippen LogP contribution < -0.4 is 10.0 Å². The number of aryl methyl sites for hydroxylation is 3. The van der Waals surface area contributed by atoms with E-state index in [4.69, 9.17) is 11.6 Å². The van der Waals surface area contributed by atoms with E-state index in [1.807, 2.05) is 57.2 Å². The fraction of sp³-hybridized carbons (Fsp3) is 0.240. The lowest BCUT2D eigenvalue weighted by atomic mass is 10.0. The summed E-state index contributed by atoms with van der Waals surface area (Å²) in [4.78, 5) is 12.7. The summed E-state index contributed by atoms with van der Waals surface area (Å²) < 4.78 is 28.6. The minimum absolute atomic E-state index is 0.0435. The molecule has 7 heteroatoms. The van der Waals surface area contributed by atoms with E-state index in [0.717, 1.165) is 23.1 Å². The van der Waals surface area contributed by atoms with Gasteiger partial charge in [-0.2, -0.15) is 0 Å². The number of anilines is 1. The molecule has 1 atom stereocenters. The van der Waals surface area contributed by atoms with E-state index in [-0.39, 0.29) is 27.4 Å². The van der Waals surface area contributed by atoms with Crippen molar-refractivity contribution in [2.24, 2.45) is 0 Å². The van der Waals surface area contributed by atoms with E-state index in [0.29, 0.717) is 5.69 Å². The van der Waals surface area contributed by atoms with Gasteiger partial charge in [0.05, 0.1) is 16.8 Å². The van der Waals surface area contributed by atoms with Crippen LogP contribution in [0.2, 0.25) is 5.02 Å². The third-order valence-electron chi connectivity index (χ3n) is 5.34. The highest BCUT2D eigenvalue weighted by molar-refractivity contribution is 7.92. The van der Waals surface area contributed by atoms with Gasteiger partial charge in [0, 0.05) is 5.56 Å². The number of sulfonamides is 1. The number of rotatable bonds is 7. The highest BCUT2D eigenvalue weighted by Gasteiger charge is 2.22. The SMILES string of the molecule is CCc1ccc([C@@H](C)NC(=O)c2ccc(Cl)c(S(=O)(=O)Nc3ccc(C)cc3C)c2)cc1. The molecule has 1 amide bonds. The Labute approximate surface area is 194 Å². The third-order valence-corrected chi connectivity index (χ3v) is 7.19. The molecule has 5 nitrogen and oxygen atoms in total. The minimum Gasteiger partial charge on any atom is -0.346 e. The normalized spacial score (nSPS) is 12.3. The lowest BCUT2D eigenvalue weighted by Crippen LogP contribution is -2.27. The quantitative estimate of drug-likeness (QED) is 0.457. The van der Waals surface area contributed by atoms with Gasteiger partial charge in [-0.25, -0.2) is 8.42 Å². The van der Waals surface area contributed by atoms with Gasteiger partial charge in [-0.05, 0) is 68.1 Å². The molecule has 3 aromatic carbocycles. The van der Waals surface area contributed by atoms with Crippen molar-refractivity contribution in [3.63, 3.8) is 0 Å². The van der Waals surface area contributed by atoms with E-state index in [1.54, 1.807) is 6.07 Å². The second kappa shape index (κ2) is 9.76. The molecule has 2 N–H and O–H groups in total. The number of halogens is 1. The van der Waals surface area contributed by atoms with E-state index in [9.17, 15) is 13.2 Å². The van der Waals surface area contributed by atoms with Crippen LogP contribution in [0, 0.1) is 13.8 Å². The Balaban J connectivity index is 1.82. The highest BCUT2D eigenvalue weighted by Crippen LogP contribution is 2.27. The second-order valence-corrected chi connectivity index (χ2v) is 9.92. The molecule has 0 bridgehead atoms. The Morgan fingerprint density at radius 1 is 1.00 bits per heavy atom. The van der Waals surface area contributed by atoms with Crippen LogP contribution in [0.25, 0.3) is 0 Å². The molecule has 32 heavy (non-hydrogen) atoms. The maximum atomic E-state index is 13.0. The molecule has 0 heterocycles. The number of nitrogens with one attached hydrogen (secondary N) is 2. The highest BCUT2D eigenvalue weighted by atomic mass is 35.5. The van der Waals surface area contributed by atoms with Gasteiger partial charge < -0.3 is 5.32 Å². The maximum absolute atomic E-state index is 13.0. The largest absolute Gasteiger partial charge is 0.346 e. The Hall–Kier alpha value is -2.83. The Kier molecular flexibility index (Phi) is 7.26. The molecule has 0 aliphatic heterocycles. The van der Waals surface area contributed by atoms with Crippen molar-refractivity contribution in [2.75, 3.05) is 4.72 Å². The summed E-state index contributed by atoms with van der Waals surface area (Å²) >= 11 is 6.20. The van der Waals surface area contributed by atoms with E-state index in [2.05, 4.69) is 17.0 Å². The molecule has 0 saturated heterocycles. The van der Waals surface area contributed by atoms with Crippen molar-refractivity contribution in [3.8, 4) is 0 Å². The van der Waals surface area contributed by atoms with Crippen molar-refractivity contribution in [1.82, 2.24) is 5.32 Å². The molecule has 0 fully saturated rings. The number of amides is 1.